The van der Waals surface area contributed by atoms with Gasteiger partial charge >= 0.3 is 0 Å². The number of anilines is 1. The molecule has 2 N–H and O–H groups in total. The van der Waals surface area contributed by atoms with Crippen molar-refractivity contribution in [2.24, 2.45) is 0 Å². The lowest BCUT2D eigenvalue weighted by Gasteiger charge is -2.34. The van der Waals surface area contributed by atoms with Crippen LogP contribution in [0.5, 0.6) is 11.5 Å². The number of ether oxygens (including phenoxy) is 2. The molecule has 186 valence electrons. The zero-order chi connectivity index (χ0) is 24.9. The molecule has 0 radical (unpaired) electrons. The topological polar surface area (TPSA) is 95.6 Å². The predicted octanol–water partition coefficient (Wildman–Crippen LogP) is 3.40. The zero-order valence-corrected chi connectivity index (χ0v) is 20.5. The maximum atomic E-state index is 12.9. The molecule has 5 rings (SSSR count). The number of carbonyl (C=O) groups is 1. The molecular weight excluding hydrogens is 456 g/mol. The van der Waals surface area contributed by atoms with Crippen LogP contribution >= 0.6 is 0 Å². The summed E-state index contributed by atoms with van der Waals surface area (Å²) in [4.78, 5) is 22.0. The molecule has 0 aliphatic carbocycles. The molecule has 1 fully saturated rings. The number of rotatable bonds is 8. The van der Waals surface area contributed by atoms with E-state index in [2.05, 4.69) is 44.7 Å². The number of nitrogens with one attached hydrogen (secondary N) is 2. The average Bonchev–Trinajstić information content (AvgIpc) is 3.34. The van der Waals surface area contributed by atoms with Crippen molar-refractivity contribution in [1.29, 1.82) is 0 Å². The van der Waals surface area contributed by atoms with E-state index in [1.54, 1.807) is 14.2 Å². The Morgan fingerprint density at radius 2 is 1.75 bits per heavy atom. The molecule has 0 bridgehead atoms. The van der Waals surface area contributed by atoms with Gasteiger partial charge in [-0.05, 0) is 35.9 Å². The highest BCUT2D eigenvalue weighted by Gasteiger charge is 2.21. The normalized spacial score (nSPS) is 14.1. The Labute approximate surface area is 210 Å². The molecule has 0 atom stereocenters. The first-order valence-electron chi connectivity index (χ1n) is 12.0. The first-order chi connectivity index (χ1) is 17.6. The van der Waals surface area contributed by atoms with E-state index < -0.39 is 0 Å². The standard InChI is InChI=1S/C27H30N6O3/c1-35-23-11-8-20(16-24(23)36-2)21-9-10-22-26(29-21)27(31-30-22)28-17-25(34)33-14-12-32(13-15-33)18-19-6-4-3-5-7-19/h3-11,16H,12-15,17-18H2,1-2H3,(H2,28,30,31). The highest BCUT2D eigenvalue weighted by atomic mass is 16.5. The smallest absolute Gasteiger partial charge is 0.242 e. The molecule has 2 aromatic carbocycles. The summed E-state index contributed by atoms with van der Waals surface area (Å²) in [7, 11) is 3.22. The van der Waals surface area contributed by atoms with Crippen molar-refractivity contribution in [2.45, 2.75) is 6.54 Å². The number of amides is 1. The number of benzene rings is 2. The Morgan fingerprint density at radius 3 is 2.50 bits per heavy atom. The van der Waals surface area contributed by atoms with Crippen molar-refractivity contribution >= 4 is 22.8 Å². The summed E-state index contributed by atoms with van der Waals surface area (Å²) in [5.41, 5.74) is 4.44. The number of aromatic amines is 1. The number of methoxy groups -OCH3 is 2. The van der Waals surface area contributed by atoms with E-state index in [1.165, 1.54) is 5.56 Å². The van der Waals surface area contributed by atoms with Crippen LogP contribution in [0, 0.1) is 0 Å². The van der Waals surface area contributed by atoms with E-state index >= 15 is 0 Å². The first-order valence-corrected chi connectivity index (χ1v) is 12.0. The van der Waals surface area contributed by atoms with Gasteiger partial charge in [-0.15, -0.1) is 0 Å². The lowest BCUT2D eigenvalue weighted by molar-refractivity contribution is -0.131. The molecular formula is C27H30N6O3. The minimum Gasteiger partial charge on any atom is -0.493 e. The summed E-state index contributed by atoms with van der Waals surface area (Å²) >= 11 is 0. The summed E-state index contributed by atoms with van der Waals surface area (Å²) in [6.45, 7) is 4.24. The third-order valence-corrected chi connectivity index (χ3v) is 6.47. The molecule has 2 aromatic heterocycles. The van der Waals surface area contributed by atoms with E-state index in [4.69, 9.17) is 14.5 Å². The molecule has 0 spiro atoms. The quantitative estimate of drug-likeness (QED) is 0.394. The largest absolute Gasteiger partial charge is 0.493 e. The average molecular weight is 487 g/mol. The number of nitrogens with zero attached hydrogens (tertiary/aromatic N) is 4. The molecule has 1 saturated heterocycles. The maximum absolute atomic E-state index is 12.9. The summed E-state index contributed by atoms with van der Waals surface area (Å²) in [6, 6.07) is 20.0. The highest BCUT2D eigenvalue weighted by molar-refractivity contribution is 5.90. The third kappa shape index (κ3) is 5.11. The first kappa shape index (κ1) is 23.6. The van der Waals surface area contributed by atoms with Crippen molar-refractivity contribution in [3.05, 3.63) is 66.2 Å². The number of H-pyrrole nitrogens is 1. The van der Waals surface area contributed by atoms with E-state index in [-0.39, 0.29) is 12.5 Å². The van der Waals surface area contributed by atoms with Crippen LogP contribution < -0.4 is 14.8 Å². The van der Waals surface area contributed by atoms with Crippen LogP contribution in [0.1, 0.15) is 5.56 Å². The van der Waals surface area contributed by atoms with Crippen molar-refractivity contribution < 1.29 is 14.3 Å². The van der Waals surface area contributed by atoms with Crippen LogP contribution in [0.2, 0.25) is 0 Å². The Morgan fingerprint density at radius 1 is 0.972 bits per heavy atom. The number of piperazine rings is 1. The minimum atomic E-state index is 0.0570. The lowest BCUT2D eigenvalue weighted by Crippen LogP contribution is -2.49. The summed E-state index contributed by atoms with van der Waals surface area (Å²) in [5.74, 6) is 1.91. The number of hydrogen-bond donors (Lipinski definition) is 2. The van der Waals surface area contributed by atoms with Crippen LogP contribution in [0.3, 0.4) is 0 Å². The predicted molar refractivity (Wildman–Crippen MR) is 139 cm³/mol. The van der Waals surface area contributed by atoms with Crippen LogP contribution in [0.25, 0.3) is 22.3 Å². The Hall–Kier alpha value is -4.11. The molecule has 9 nitrogen and oxygen atoms in total. The SMILES string of the molecule is COc1ccc(-c2ccc3[nH]nc(NCC(=O)N4CCN(Cc5ccccc5)CC4)c3n2)cc1OC. The molecule has 0 unspecified atom stereocenters. The van der Waals surface area contributed by atoms with Crippen molar-refractivity contribution in [1.82, 2.24) is 25.0 Å². The van der Waals surface area contributed by atoms with Gasteiger partial charge in [0.05, 0.1) is 32.0 Å². The van der Waals surface area contributed by atoms with Gasteiger partial charge in [-0.25, -0.2) is 4.98 Å². The van der Waals surface area contributed by atoms with Crippen LogP contribution in [0.4, 0.5) is 5.82 Å². The van der Waals surface area contributed by atoms with E-state index in [0.717, 1.165) is 49.5 Å². The van der Waals surface area contributed by atoms with Gasteiger partial charge < -0.3 is 19.7 Å². The van der Waals surface area contributed by atoms with Gasteiger partial charge in [-0.2, -0.15) is 5.10 Å². The second-order valence-corrected chi connectivity index (χ2v) is 8.73. The Balaban J connectivity index is 1.21. The number of pyridine rings is 1. The van der Waals surface area contributed by atoms with Gasteiger partial charge in [0.2, 0.25) is 5.91 Å². The van der Waals surface area contributed by atoms with Crippen molar-refractivity contribution in [3.8, 4) is 22.8 Å². The minimum absolute atomic E-state index is 0.0570. The molecule has 4 aromatic rings. The van der Waals surface area contributed by atoms with Gasteiger partial charge in [-0.3, -0.25) is 14.8 Å². The molecule has 9 heteroatoms. The highest BCUT2D eigenvalue weighted by Crippen LogP contribution is 2.32. The fraction of sp³-hybridized carbons (Fsp3) is 0.296. The molecule has 3 heterocycles. The Kier molecular flexibility index (Phi) is 6.99. The molecule has 1 aliphatic rings. The fourth-order valence-electron chi connectivity index (χ4n) is 4.45. The van der Waals surface area contributed by atoms with E-state index in [0.29, 0.717) is 22.8 Å². The van der Waals surface area contributed by atoms with Gasteiger partial charge in [0.1, 0.15) is 5.52 Å². The van der Waals surface area contributed by atoms with E-state index in [1.807, 2.05) is 41.3 Å². The van der Waals surface area contributed by atoms with Crippen molar-refractivity contribution in [3.63, 3.8) is 0 Å². The summed E-state index contributed by atoms with van der Waals surface area (Å²) in [6.07, 6.45) is 0. The second-order valence-electron chi connectivity index (χ2n) is 8.73. The fourth-order valence-corrected chi connectivity index (χ4v) is 4.45. The number of fused-ring (bicyclic) bond motifs is 1. The molecule has 36 heavy (non-hydrogen) atoms. The second kappa shape index (κ2) is 10.7. The zero-order valence-electron chi connectivity index (χ0n) is 20.5. The lowest BCUT2D eigenvalue weighted by atomic mass is 10.1. The number of aromatic nitrogens is 3. The van der Waals surface area contributed by atoms with Crippen molar-refractivity contribution in [2.75, 3.05) is 52.3 Å². The molecule has 1 aliphatic heterocycles. The van der Waals surface area contributed by atoms with Crippen LogP contribution in [-0.4, -0.2) is 77.8 Å². The summed E-state index contributed by atoms with van der Waals surface area (Å²) < 4.78 is 10.8. The van der Waals surface area contributed by atoms with E-state index in [9.17, 15) is 4.79 Å². The summed E-state index contributed by atoms with van der Waals surface area (Å²) in [5, 5.41) is 10.5. The number of carbonyl (C=O) groups excluding carboxylic acids is 1. The molecule has 1 amide bonds. The number of hydrogen-bond acceptors (Lipinski definition) is 7. The van der Waals surface area contributed by atoms with Crippen LogP contribution in [0.15, 0.2) is 60.7 Å². The van der Waals surface area contributed by atoms with Gasteiger partial charge in [0, 0.05) is 38.3 Å². The van der Waals surface area contributed by atoms with Crippen LogP contribution in [-0.2, 0) is 11.3 Å². The maximum Gasteiger partial charge on any atom is 0.242 e. The third-order valence-electron chi connectivity index (χ3n) is 6.47. The van der Waals surface area contributed by atoms with Gasteiger partial charge in [0.15, 0.2) is 17.3 Å². The molecule has 0 saturated carbocycles. The monoisotopic (exact) mass is 486 g/mol. The van der Waals surface area contributed by atoms with Gasteiger partial charge in [0.25, 0.3) is 0 Å². The Bertz CT molecular complexity index is 1330. The van der Waals surface area contributed by atoms with Gasteiger partial charge in [-0.1, -0.05) is 30.3 Å².